The Morgan fingerprint density at radius 2 is 1.97 bits per heavy atom. The highest BCUT2D eigenvalue weighted by atomic mass is 19.1. The molecule has 0 unspecified atom stereocenters. The molecule has 1 aliphatic heterocycles. The molecule has 192 valence electrons. The molecule has 4 rings (SSSR count). The van der Waals surface area contributed by atoms with Crippen molar-refractivity contribution in [2.24, 2.45) is 11.1 Å². The summed E-state index contributed by atoms with van der Waals surface area (Å²) in [5.41, 5.74) is 7.04. The molecule has 0 saturated carbocycles. The summed E-state index contributed by atoms with van der Waals surface area (Å²) in [7, 11) is 0. The van der Waals surface area contributed by atoms with Gasteiger partial charge in [-0.25, -0.2) is 19.3 Å². The number of hydrogen-bond acceptors (Lipinski definition) is 9. The lowest BCUT2D eigenvalue weighted by molar-refractivity contribution is -0.231. The molecule has 0 aliphatic carbocycles. The first-order valence-corrected chi connectivity index (χ1v) is 11.7. The van der Waals surface area contributed by atoms with Gasteiger partial charge in [-0.2, -0.15) is 0 Å². The van der Waals surface area contributed by atoms with E-state index in [0.29, 0.717) is 60.5 Å². The van der Waals surface area contributed by atoms with Crippen LogP contribution >= 0.6 is 0 Å². The van der Waals surface area contributed by atoms with E-state index in [2.05, 4.69) is 25.6 Å². The molecule has 11 nitrogen and oxygen atoms in total. The van der Waals surface area contributed by atoms with Crippen molar-refractivity contribution >= 4 is 11.9 Å². The monoisotopic (exact) mass is 499 g/mol. The molecular weight excluding hydrogens is 469 g/mol. The van der Waals surface area contributed by atoms with Crippen molar-refractivity contribution in [3.05, 3.63) is 48.2 Å². The van der Waals surface area contributed by atoms with Crippen LogP contribution in [0.1, 0.15) is 25.5 Å². The number of aliphatic hydroxyl groups is 1. The van der Waals surface area contributed by atoms with E-state index < -0.39 is 11.7 Å². The number of aromatic amines is 1. The zero-order valence-corrected chi connectivity index (χ0v) is 20.0. The highest BCUT2D eigenvalue weighted by Crippen LogP contribution is 2.35. The Morgan fingerprint density at radius 3 is 2.67 bits per heavy atom. The Balaban J connectivity index is 1.59. The first kappa shape index (κ1) is 25.6. The minimum atomic E-state index is -0.878. The van der Waals surface area contributed by atoms with Crippen molar-refractivity contribution < 1.29 is 23.8 Å². The summed E-state index contributed by atoms with van der Waals surface area (Å²) in [6, 6.07) is 7.70. The third kappa shape index (κ3) is 5.85. The van der Waals surface area contributed by atoms with Gasteiger partial charge in [0.05, 0.1) is 35.7 Å². The van der Waals surface area contributed by atoms with Gasteiger partial charge in [0.1, 0.15) is 5.82 Å². The van der Waals surface area contributed by atoms with Gasteiger partial charge in [-0.3, -0.25) is 4.79 Å². The van der Waals surface area contributed by atoms with Crippen LogP contribution in [0.2, 0.25) is 0 Å². The lowest BCUT2D eigenvalue weighted by Gasteiger charge is -2.35. The number of nitrogens with one attached hydrogen (secondary N) is 3. The number of aromatic nitrogens is 4. The summed E-state index contributed by atoms with van der Waals surface area (Å²) in [6.07, 6.45) is 1.25. The molecule has 2 aromatic heterocycles. The lowest BCUT2D eigenvalue weighted by Crippen LogP contribution is -2.48. The number of anilines is 1. The molecule has 1 amide bonds. The first-order chi connectivity index (χ1) is 17.4. The molecule has 1 aliphatic rings. The molecule has 0 spiro atoms. The van der Waals surface area contributed by atoms with Crippen molar-refractivity contribution in [1.29, 1.82) is 0 Å². The van der Waals surface area contributed by atoms with Crippen LogP contribution in [0.15, 0.2) is 36.5 Å². The number of halogens is 1. The van der Waals surface area contributed by atoms with Gasteiger partial charge in [-0.1, -0.05) is 0 Å². The van der Waals surface area contributed by atoms with E-state index in [4.69, 9.17) is 25.3 Å². The molecule has 6 N–H and O–H groups in total. The van der Waals surface area contributed by atoms with Gasteiger partial charge in [0, 0.05) is 38.0 Å². The van der Waals surface area contributed by atoms with Gasteiger partial charge in [0.15, 0.2) is 5.82 Å². The normalized spacial score (nSPS) is 19.7. The molecule has 12 heteroatoms. The lowest BCUT2D eigenvalue weighted by atomic mass is 9.91. The van der Waals surface area contributed by atoms with Gasteiger partial charge in [0.25, 0.3) is 0 Å². The number of H-pyrrole nitrogens is 1. The standard InChI is InChI=1S/C24H30FN7O4/c1-24(22(34)27-9-2-12-33)13-35-21(36-14-24)20-31-18(15-3-5-16(25)6-4-15)19(32-20)17-7-10-28-23(30-17)29-11-8-26/h3-7,10,21,33H,2,8-9,11-14,26H2,1H3,(H,27,34)(H,31,32)(H,28,29,30). The third-order valence-corrected chi connectivity index (χ3v) is 5.68. The predicted octanol–water partition coefficient (Wildman–Crippen LogP) is 1.59. The maximum absolute atomic E-state index is 13.6. The van der Waals surface area contributed by atoms with E-state index >= 15 is 0 Å². The van der Waals surface area contributed by atoms with Crippen LogP contribution in [-0.4, -0.2) is 70.4 Å². The summed E-state index contributed by atoms with van der Waals surface area (Å²) in [5.74, 6) is 0.233. The van der Waals surface area contributed by atoms with Crippen LogP contribution in [0, 0.1) is 11.2 Å². The van der Waals surface area contributed by atoms with Gasteiger partial charge in [-0.15, -0.1) is 0 Å². The fourth-order valence-electron chi connectivity index (χ4n) is 3.66. The van der Waals surface area contributed by atoms with Crippen LogP contribution in [0.25, 0.3) is 22.6 Å². The maximum Gasteiger partial charge on any atom is 0.230 e. The fraction of sp³-hybridized carbons (Fsp3) is 0.417. The van der Waals surface area contributed by atoms with Crippen molar-refractivity contribution in [3.63, 3.8) is 0 Å². The molecule has 36 heavy (non-hydrogen) atoms. The van der Waals surface area contributed by atoms with Crippen molar-refractivity contribution in [2.45, 2.75) is 19.6 Å². The number of hydrogen-bond donors (Lipinski definition) is 5. The Morgan fingerprint density at radius 1 is 1.22 bits per heavy atom. The van der Waals surface area contributed by atoms with Gasteiger partial charge >= 0.3 is 0 Å². The average molecular weight is 500 g/mol. The molecule has 0 bridgehead atoms. The topological polar surface area (TPSA) is 160 Å². The quantitative estimate of drug-likeness (QED) is 0.261. The Bertz CT molecular complexity index is 1160. The van der Waals surface area contributed by atoms with E-state index in [1.165, 1.54) is 12.1 Å². The fourth-order valence-corrected chi connectivity index (χ4v) is 3.66. The number of ether oxygens (including phenoxy) is 2. The minimum Gasteiger partial charge on any atom is -0.396 e. The van der Waals surface area contributed by atoms with E-state index in [9.17, 15) is 9.18 Å². The second-order valence-corrected chi connectivity index (χ2v) is 8.68. The van der Waals surface area contributed by atoms with E-state index in [0.717, 1.165) is 0 Å². The first-order valence-electron chi connectivity index (χ1n) is 11.7. The zero-order valence-electron chi connectivity index (χ0n) is 20.0. The Kier molecular flexibility index (Phi) is 8.21. The number of aliphatic hydroxyl groups excluding tert-OH is 1. The van der Waals surface area contributed by atoms with Crippen molar-refractivity contribution in [2.75, 3.05) is 44.8 Å². The number of imidazole rings is 1. The molecule has 1 aromatic carbocycles. The number of carbonyl (C=O) groups excluding carboxylic acids is 1. The molecular formula is C24H30FN7O4. The second kappa shape index (κ2) is 11.5. The molecule has 3 aromatic rings. The molecule has 1 fully saturated rings. The highest BCUT2D eigenvalue weighted by molar-refractivity contribution is 5.82. The van der Waals surface area contributed by atoms with Gasteiger partial charge < -0.3 is 35.9 Å². The summed E-state index contributed by atoms with van der Waals surface area (Å²) < 4.78 is 25.4. The second-order valence-electron chi connectivity index (χ2n) is 8.68. The largest absolute Gasteiger partial charge is 0.396 e. The predicted molar refractivity (Wildman–Crippen MR) is 130 cm³/mol. The van der Waals surface area contributed by atoms with Crippen molar-refractivity contribution in [3.8, 4) is 22.6 Å². The molecule has 0 atom stereocenters. The van der Waals surface area contributed by atoms with Crippen LogP contribution in [-0.2, 0) is 14.3 Å². The Labute approximate surface area is 207 Å². The van der Waals surface area contributed by atoms with Crippen LogP contribution in [0.3, 0.4) is 0 Å². The van der Waals surface area contributed by atoms with E-state index in [1.807, 2.05) is 0 Å². The summed E-state index contributed by atoms with van der Waals surface area (Å²) in [4.78, 5) is 29.3. The summed E-state index contributed by atoms with van der Waals surface area (Å²) in [5, 5.41) is 14.8. The molecule has 0 radical (unpaired) electrons. The summed E-state index contributed by atoms with van der Waals surface area (Å²) >= 11 is 0. The number of nitrogens with zero attached hydrogens (tertiary/aromatic N) is 3. The van der Waals surface area contributed by atoms with Crippen LogP contribution in [0.4, 0.5) is 10.3 Å². The number of rotatable bonds is 10. The summed E-state index contributed by atoms with van der Waals surface area (Å²) in [6.45, 7) is 3.30. The van der Waals surface area contributed by atoms with Gasteiger partial charge in [0.2, 0.25) is 18.1 Å². The van der Waals surface area contributed by atoms with Crippen molar-refractivity contribution in [1.82, 2.24) is 25.3 Å². The zero-order chi connectivity index (χ0) is 25.5. The number of benzene rings is 1. The van der Waals surface area contributed by atoms with Crippen LogP contribution in [0.5, 0.6) is 0 Å². The number of amides is 1. The van der Waals surface area contributed by atoms with E-state index in [1.54, 1.807) is 31.3 Å². The minimum absolute atomic E-state index is 0.000192. The molecule has 3 heterocycles. The van der Waals surface area contributed by atoms with Crippen LogP contribution < -0.4 is 16.4 Å². The number of nitrogens with two attached hydrogens (primary N) is 1. The van der Waals surface area contributed by atoms with Gasteiger partial charge in [-0.05, 0) is 43.7 Å². The highest BCUT2D eigenvalue weighted by Gasteiger charge is 2.40. The van der Waals surface area contributed by atoms with E-state index in [-0.39, 0.29) is 31.5 Å². The average Bonchev–Trinajstić information content (AvgIpc) is 3.34. The Hall–Kier alpha value is -3.45. The maximum atomic E-state index is 13.6. The third-order valence-electron chi connectivity index (χ3n) is 5.68. The smallest absolute Gasteiger partial charge is 0.230 e. The molecule has 1 saturated heterocycles. The SMILES string of the molecule is CC1(C(=O)NCCCO)COC(c2nc(-c3ccc(F)cc3)c(-c3ccnc(NCCN)n3)[nH]2)OC1. The number of carbonyl (C=O) groups is 1.